The standard InChI is InChI=1S/C15H16O5/c1-7-11-9(6-10(16)19-7)8-4-5-15(2,3)20-14(8)13(18)12(11)17/h6-7,17H,4-5H2,1-3H3. The highest BCUT2D eigenvalue weighted by Crippen LogP contribution is 2.44. The van der Waals surface area contributed by atoms with Crippen molar-refractivity contribution >= 4 is 11.8 Å². The van der Waals surface area contributed by atoms with Crippen LogP contribution in [0.2, 0.25) is 0 Å². The van der Waals surface area contributed by atoms with Gasteiger partial charge in [0.05, 0.1) is 0 Å². The summed E-state index contributed by atoms with van der Waals surface area (Å²) < 4.78 is 10.8. The van der Waals surface area contributed by atoms with Crippen molar-refractivity contribution in [1.82, 2.24) is 0 Å². The molecule has 0 spiro atoms. The van der Waals surface area contributed by atoms with E-state index in [9.17, 15) is 14.7 Å². The average Bonchev–Trinajstić information content (AvgIpc) is 2.34. The van der Waals surface area contributed by atoms with E-state index in [1.807, 2.05) is 13.8 Å². The van der Waals surface area contributed by atoms with Gasteiger partial charge in [0.15, 0.2) is 11.5 Å². The molecule has 0 saturated heterocycles. The van der Waals surface area contributed by atoms with Gasteiger partial charge in [0.25, 0.3) is 5.78 Å². The number of ether oxygens (including phenoxy) is 2. The number of Topliss-reactive ketones (excluding diaryl/α,β-unsaturated/α-hetero) is 1. The van der Waals surface area contributed by atoms with Crippen LogP contribution in [0, 0.1) is 0 Å². The zero-order valence-electron chi connectivity index (χ0n) is 11.6. The summed E-state index contributed by atoms with van der Waals surface area (Å²) in [6, 6.07) is 0. The quantitative estimate of drug-likeness (QED) is 0.686. The fourth-order valence-electron chi connectivity index (χ4n) is 2.85. The lowest BCUT2D eigenvalue weighted by Gasteiger charge is -2.38. The van der Waals surface area contributed by atoms with E-state index in [0.717, 1.165) is 6.42 Å². The number of hydrogen-bond donors (Lipinski definition) is 1. The summed E-state index contributed by atoms with van der Waals surface area (Å²) in [5.41, 5.74) is 1.21. The Labute approximate surface area is 116 Å². The Kier molecular flexibility index (Phi) is 2.58. The largest absolute Gasteiger partial charge is 0.504 e. The first-order chi connectivity index (χ1) is 9.30. The molecule has 2 aliphatic heterocycles. The van der Waals surface area contributed by atoms with E-state index in [4.69, 9.17) is 9.47 Å². The molecule has 0 fully saturated rings. The topological polar surface area (TPSA) is 72.8 Å². The lowest BCUT2D eigenvalue weighted by Crippen LogP contribution is -2.37. The van der Waals surface area contributed by atoms with E-state index in [-0.39, 0.29) is 11.5 Å². The average molecular weight is 276 g/mol. The first-order valence-electron chi connectivity index (χ1n) is 6.63. The van der Waals surface area contributed by atoms with E-state index in [2.05, 4.69) is 0 Å². The van der Waals surface area contributed by atoms with Crippen LogP contribution in [0.1, 0.15) is 33.6 Å². The normalized spacial score (nSPS) is 28.4. The molecule has 0 saturated carbocycles. The number of carbonyl (C=O) groups excluding carboxylic acids is 2. The maximum Gasteiger partial charge on any atom is 0.331 e. The SMILES string of the molecule is CC1OC(=O)C=C2C3=C(OC(C)(C)CC3)C(=O)C(O)=C21. The third kappa shape index (κ3) is 1.77. The second kappa shape index (κ2) is 3.98. The van der Waals surface area contributed by atoms with E-state index in [1.165, 1.54) is 6.08 Å². The van der Waals surface area contributed by atoms with Crippen LogP contribution in [0.25, 0.3) is 0 Å². The summed E-state index contributed by atoms with van der Waals surface area (Å²) in [5, 5.41) is 10.1. The molecule has 3 rings (SSSR count). The molecule has 20 heavy (non-hydrogen) atoms. The highest BCUT2D eigenvalue weighted by Gasteiger charge is 2.43. The molecular weight excluding hydrogens is 260 g/mol. The Bertz CT molecular complexity index is 618. The second-order valence-corrected chi connectivity index (χ2v) is 5.90. The Morgan fingerprint density at radius 2 is 2.05 bits per heavy atom. The highest BCUT2D eigenvalue weighted by atomic mass is 16.5. The minimum absolute atomic E-state index is 0.163. The molecule has 1 aliphatic carbocycles. The molecule has 0 aromatic carbocycles. The molecule has 0 amide bonds. The molecule has 3 aliphatic rings. The van der Waals surface area contributed by atoms with Gasteiger partial charge in [-0.2, -0.15) is 0 Å². The van der Waals surface area contributed by atoms with Gasteiger partial charge in [-0.25, -0.2) is 4.79 Å². The predicted molar refractivity (Wildman–Crippen MR) is 69.7 cm³/mol. The Morgan fingerprint density at radius 1 is 1.35 bits per heavy atom. The van der Waals surface area contributed by atoms with Gasteiger partial charge in [0.2, 0.25) is 0 Å². The molecule has 2 heterocycles. The number of esters is 1. The summed E-state index contributed by atoms with van der Waals surface area (Å²) in [5.74, 6) is -1.21. The van der Waals surface area contributed by atoms with Crippen molar-refractivity contribution in [3.05, 3.63) is 34.3 Å². The Hall–Kier alpha value is -2.04. The van der Waals surface area contributed by atoms with Crippen LogP contribution in [-0.2, 0) is 19.1 Å². The number of rotatable bonds is 0. The van der Waals surface area contributed by atoms with Gasteiger partial charge in [-0.1, -0.05) is 0 Å². The number of fused-ring (bicyclic) bond motifs is 2. The van der Waals surface area contributed by atoms with Crippen molar-refractivity contribution in [3.8, 4) is 0 Å². The fraction of sp³-hybridized carbons (Fsp3) is 0.467. The number of hydrogen-bond acceptors (Lipinski definition) is 5. The Balaban J connectivity index is 2.18. The van der Waals surface area contributed by atoms with Crippen molar-refractivity contribution in [3.63, 3.8) is 0 Å². The van der Waals surface area contributed by atoms with Gasteiger partial charge < -0.3 is 14.6 Å². The summed E-state index contributed by atoms with van der Waals surface area (Å²) in [7, 11) is 0. The lowest BCUT2D eigenvalue weighted by atomic mass is 9.79. The van der Waals surface area contributed by atoms with Gasteiger partial charge in [-0.15, -0.1) is 0 Å². The van der Waals surface area contributed by atoms with E-state index >= 15 is 0 Å². The zero-order chi connectivity index (χ0) is 14.7. The third-order valence-corrected chi connectivity index (χ3v) is 3.88. The first-order valence-corrected chi connectivity index (χ1v) is 6.63. The van der Waals surface area contributed by atoms with Gasteiger partial charge in [-0.05, 0) is 39.2 Å². The molecule has 0 bridgehead atoms. The molecule has 5 heteroatoms. The molecule has 106 valence electrons. The van der Waals surface area contributed by atoms with Crippen LogP contribution in [-0.4, -0.2) is 28.6 Å². The predicted octanol–water partition coefficient (Wildman–Crippen LogP) is 2.10. The number of carbonyl (C=O) groups is 2. The minimum Gasteiger partial charge on any atom is -0.504 e. The fourth-order valence-corrected chi connectivity index (χ4v) is 2.85. The summed E-state index contributed by atoms with van der Waals surface area (Å²) >= 11 is 0. The highest BCUT2D eigenvalue weighted by molar-refractivity contribution is 6.10. The maximum atomic E-state index is 12.3. The number of aliphatic hydroxyl groups excluding tert-OH is 1. The van der Waals surface area contributed by atoms with Crippen LogP contribution < -0.4 is 0 Å². The van der Waals surface area contributed by atoms with Crippen LogP contribution >= 0.6 is 0 Å². The molecule has 5 nitrogen and oxygen atoms in total. The Morgan fingerprint density at radius 3 is 2.75 bits per heavy atom. The molecular formula is C15H16O5. The molecule has 0 aromatic heterocycles. The van der Waals surface area contributed by atoms with Crippen molar-refractivity contribution in [2.45, 2.75) is 45.3 Å². The number of allylic oxidation sites excluding steroid dienone is 1. The smallest absolute Gasteiger partial charge is 0.331 e. The molecule has 1 N–H and O–H groups in total. The van der Waals surface area contributed by atoms with E-state index in [0.29, 0.717) is 23.1 Å². The zero-order valence-corrected chi connectivity index (χ0v) is 11.6. The maximum absolute atomic E-state index is 12.3. The van der Waals surface area contributed by atoms with Crippen molar-refractivity contribution in [1.29, 1.82) is 0 Å². The van der Waals surface area contributed by atoms with Crippen molar-refractivity contribution in [2.24, 2.45) is 0 Å². The van der Waals surface area contributed by atoms with Crippen LogP contribution in [0.4, 0.5) is 0 Å². The molecule has 1 unspecified atom stereocenters. The van der Waals surface area contributed by atoms with Crippen LogP contribution in [0.5, 0.6) is 0 Å². The first kappa shape index (κ1) is 13.0. The number of ketones is 1. The van der Waals surface area contributed by atoms with E-state index in [1.54, 1.807) is 6.92 Å². The molecule has 0 aromatic rings. The van der Waals surface area contributed by atoms with Crippen molar-refractivity contribution in [2.75, 3.05) is 0 Å². The van der Waals surface area contributed by atoms with E-state index < -0.39 is 23.5 Å². The van der Waals surface area contributed by atoms with Crippen LogP contribution in [0.3, 0.4) is 0 Å². The van der Waals surface area contributed by atoms with Crippen molar-refractivity contribution < 1.29 is 24.2 Å². The molecule has 1 atom stereocenters. The van der Waals surface area contributed by atoms with Gasteiger partial charge in [-0.3, -0.25) is 4.79 Å². The van der Waals surface area contributed by atoms with Gasteiger partial charge in [0, 0.05) is 17.2 Å². The lowest BCUT2D eigenvalue weighted by molar-refractivity contribution is -0.141. The number of cyclic esters (lactones) is 1. The monoisotopic (exact) mass is 276 g/mol. The second-order valence-electron chi connectivity index (χ2n) is 5.90. The summed E-state index contributed by atoms with van der Waals surface area (Å²) in [6.45, 7) is 5.43. The summed E-state index contributed by atoms with van der Waals surface area (Å²) in [4.78, 5) is 23.8. The van der Waals surface area contributed by atoms with Crippen LogP contribution in [0.15, 0.2) is 34.3 Å². The number of aliphatic hydroxyl groups is 1. The third-order valence-electron chi connectivity index (χ3n) is 3.88. The summed E-state index contributed by atoms with van der Waals surface area (Å²) in [6.07, 6.45) is 2.08. The van der Waals surface area contributed by atoms with Gasteiger partial charge >= 0.3 is 5.97 Å². The molecule has 0 radical (unpaired) electrons. The minimum atomic E-state index is -0.629. The van der Waals surface area contributed by atoms with Gasteiger partial charge in [0.1, 0.15) is 11.7 Å².